The number of thiocarbonyl (C=S) groups is 1. The maximum atomic E-state index is 13.0. The Balaban J connectivity index is 2.02. The lowest BCUT2D eigenvalue weighted by Crippen LogP contribution is -2.28. The standard InChI is InChI=1S/C19H16N2O4S2/c1-11-4-6-15(12(2)8-11)20-18(22)17(27-19(20)26)10-13-9-14(21(23)24)5-7-16(13)25-3/h4-10H,1-3H3/b17-10-. The van der Waals surface area contributed by atoms with E-state index in [1.165, 1.54) is 30.2 Å². The third kappa shape index (κ3) is 3.72. The summed E-state index contributed by atoms with van der Waals surface area (Å²) in [7, 11) is 1.47. The Kier molecular flexibility index (Phi) is 5.29. The van der Waals surface area contributed by atoms with Gasteiger partial charge in [-0.3, -0.25) is 19.8 Å². The largest absolute Gasteiger partial charge is 0.496 e. The minimum absolute atomic E-state index is 0.0769. The second-order valence-electron chi connectivity index (χ2n) is 5.99. The van der Waals surface area contributed by atoms with Gasteiger partial charge >= 0.3 is 0 Å². The zero-order valence-electron chi connectivity index (χ0n) is 14.9. The summed E-state index contributed by atoms with van der Waals surface area (Å²) in [4.78, 5) is 25.4. The molecule has 0 atom stereocenters. The molecule has 1 aliphatic rings. The smallest absolute Gasteiger partial charge is 0.270 e. The van der Waals surface area contributed by atoms with Crippen LogP contribution in [-0.2, 0) is 4.79 Å². The van der Waals surface area contributed by atoms with Gasteiger partial charge in [0.15, 0.2) is 4.32 Å². The molecule has 1 fully saturated rings. The van der Waals surface area contributed by atoms with Crippen molar-refractivity contribution in [3.05, 3.63) is 68.1 Å². The number of nitro groups is 1. The van der Waals surface area contributed by atoms with Gasteiger partial charge in [-0.15, -0.1) is 0 Å². The van der Waals surface area contributed by atoms with Crippen molar-refractivity contribution in [2.75, 3.05) is 12.0 Å². The fourth-order valence-corrected chi connectivity index (χ4v) is 4.10. The Labute approximate surface area is 166 Å². The first-order valence-electron chi connectivity index (χ1n) is 7.99. The number of carbonyl (C=O) groups is 1. The van der Waals surface area contributed by atoms with Gasteiger partial charge in [-0.2, -0.15) is 0 Å². The number of amides is 1. The second kappa shape index (κ2) is 7.50. The molecule has 8 heteroatoms. The number of hydrogen-bond acceptors (Lipinski definition) is 6. The highest BCUT2D eigenvalue weighted by molar-refractivity contribution is 8.27. The number of thioether (sulfide) groups is 1. The molecule has 138 valence electrons. The minimum atomic E-state index is -0.488. The molecule has 0 radical (unpaired) electrons. The first-order chi connectivity index (χ1) is 12.8. The number of anilines is 1. The minimum Gasteiger partial charge on any atom is -0.496 e. The van der Waals surface area contributed by atoms with Gasteiger partial charge in [-0.1, -0.05) is 41.7 Å². The highest BCUT2D eigenvalue weighted by atomic mass is 32.2. The van der Waals surface area contributed by atoms with Gasteiger partial charge in [-0.25, -0.2) is 0 Å². The maximum Gasteiger partial charge on any atom is 0.270 e. The van der Waals surface area contributed by atoms with Crippen LogP contribution < -0.4 is 9.64 Å². The van der Waals surface area contributed by atoms with E-state index < -0.39 is 4.92 Å². The van der Waals surface area contributed by atoms with Crippen LogP contribution in [0.3, 0.4) is 0 Å². The summed E-state index contributed by atoms with van der Waals surface area (Å²) in [6, 6.07) is 10.0. The van der Waals surface area contributed by atoms with Gasteiger partial charge in [0.1, 0.15) is 5.75 Å². The number of ether oxygens (including phenoxy) is 1. The zero-order chi connectivity index (χ0) is 19.7. The van der Waals surface area contributed by atoms with Gasteiger partial charge < -0.3 is 4.74 Å². The van der Waals surface area contributed by atoms with Crippen molar-refractivity contribution < 1.29 is 14.5 Å². The highest BCUT2D eigenvalue weighted by Gasteiger charge is 2.34. The van der Waals surface area contributed by atoms with Gasteiger partial charge in [-0.05, 0) is 37.6 Å². The van der Waals surface area contributed by atoms with Crippen molar-refractivity contribution in [1.82, 2.24) is 0 Å². The molecule has 6 nitrogen and oxygen atoms in total. The van der Waals surface area contributed by atoms with Crippen LogP contribution in [0, 0.1) is 24.0 Å². The lowest BCUT2D eigenvalue weighted by atomic mass is 10.1. The summed E-state index contributed by atoms with van der Waals surface area (Å²) in [5, 5.41) is 11.1. The molecule has 2 aromatic rings. The number of methoxy groups -OCH3 is 1. The molecular formula is C19H16N2O4S2. The van der Waals surface area contributed by atoms with Gasteiger partial charge in [0, 0.05) is 17.7 Å². The van der Waals surface area contributed by atoms with E-state index in [4.69, 9.17) is 17.0 Å². The fourth-order valence-electron chi connectivity index (χ4n) is 2.82. The fraction of sp³-hybridized carbons (Fsp3) is 0.158. The van der Waals surface area contributed by atoms with Crippen LogP contribution in [0.25, 0.3) is 6.08 Å². The number of nitro benzene ring substituents is 1. The summed E-state index contributed by atoms with van der Waals surface area (Å²) < 4.78 is 5.68. The molecule has 0 spiro atoms. The van der Waals surface area contributed by atoms with Gasteiger partial charge in [0.2, 0.25) is 0 Å². The molecule has 2 aromatic carbocycles. The van der Waals surface area contributed by atoms with Crippen molar-refractivity contribution in [2.45, 2.75) is 13.8 Å². The average molecular weight is 400 g/mol. The molecule has 0 bridgehead atoms. The van der Waals surface area contributed by atoms with Crippen molar-refractivity contribution >= 4 is 51.7 Å². The Morgan fingerprint density at radius 1 is 1.22 bits per heavy atom. The van der Waals surface area contributed by atoms with E-state index in [9.17, 15) is 14.9 Å². The van der Waals surface area contributed by atoms with E-state index in [1.807, 2.05) is 32.0 Å². The van der Waals surface area contributed by atoms with Crippen molar-refractivity contribution in [3.8, 4) is 5.75 Å². The summed E-state index contributed by atoms with van der Waals surface area (Å²) in [6.45, 7) is 3.91. The number of non-ortho nitro benzene ring substituents is 1. The van der Waals surface area contributed by atoms with Crippen LogP contribution >= 0.6 is 24.0 Å². The van der Waals surface area contributed by atoms with Gasteiger partial charge in [0.25, 0.3) is 11.6 Å². The Morgan fingerprint density at radius 3 is 2.59 bits per heavy atom. The zero-order valence-corrected chi connectivity index (χ0v) is 16.5. The summed E-state index contributed by atoms with van der Waals surface area (Å²) >= 11 is 6.56. The Morgan fingerprint density at radius 2 is 1.96 bits per heavy atom. The van der Waals surface area contributed by atoms with Crippen LogP contribution in [0.1, 0.15) is 16.7 Å². The average Bonchev–Trinajstić information content (AvgIpc) is 2.89. The van der Waals surface area contributed by atoms with E-state index >= 15 is 0 Å². The highest BCUT2D eigenvalue weighted by Crippen LogP contribution is 2.38. The number of aryl methyl sites for hydroxylation is 2. The van der Waals surface area contributed by atoms with E-state index in [-0.39, 0.29) is 11.6 Å². The summed E-state index contributed by atoms with van der Waals surface area (Å²) in [5.41, 5.74) is 3.15. The van der Waals surface area contributed by atoms with E-state index in [2.05, 4.69) is 0 Å². The van der Waals surface area contributed by atoms with Crippen molar-refractivity contribution in [2.24, 2.45) is 0 Å². The molecule has 0 aliphatic carbocycles. The first-order valence-corrected chi connectivity index (χ1v) is 9.22. The first kappa shape index (κ1) is 19.1. The van der Waals surface area contributed by atoms with E-state index in [0.29, 0.717) is 20.5 Å². The normalized spacial score (nSPS) is 15.5. The molecule has 0 unspecified atom stereocenters. The summed E-state index contributed by atoms with van der Waals surface area (Å²) in [5.74, 6) is 0.183. The number of carbonyl (C=O) groups excluding carboxylic acids is 1. The van der Waals surface area contributed by atoms with E-state index in [1.54, 1.807) is 6.08 Å². The molecule has 27 heavy (non-hydrogen) atoms. The van der Waals surface area contributed by atoms with Crippen LogP contribution in [-0.4, -0.2) is 22.3 Å². The second-order valence-corrected chi connectivity index (χ2v) is 7.67. The number of nitrogens with zero attached hydrogens (tertiary/aromatic N) is 2. The number of hydrogen-bond donors (Lipinski definition) is 0. The van der Waals surface area contributed by atoms with Crippen LogP contribution in [0.2, 0.25) is 0 Å². The third-order valence-corrected chi connectivity index (χ3v) is 5.40. The lowest BCUT2D eigenvalue weighted by Gasteiger charge is -2.17. The van der Waals surface area contributed by atoms with Crippen LogP contribution in [0.4, 0.5) is 11.4 Å². The molecule has 1 heterocycles. The molecule has 0 N–H and O–H groups in total. The van der Waals surface area contributed by atoms with Crippen molar-refractivity contribution in [3.63, 3.8) is 0 Å². The maximum absolute atomic E-state index is 13.0. The molecule has 0 aromatic heterocycles. The topological polar surface area (TPSA) is 72.7 Å². The number of rotatable bonds is 4. The predicted octanol–water partition coefficient (Wildman–Crippen LogP) is 4.63. The molecule has 0 saturated carbocycles. The predicted molar refractivity (Wildman–Crippen MR) is 111 cm³/mol. The van der Waals surface area contributed by atoms with E-state index in [0.717, 1.165) is 28.6 Å². The monoisotopic (exact) mass is 400 g/mol. The van der Waals surface area contributed by atoms with Crippen LogP contribution in [0.5, 0.6) is 5.75 Å². The van der Waals surface area contributed by atoms with Crippen LogP contribution in [0.15, 0.2) is 41.3 Å². The number of benzene rings is 2. The molecule has 3 rings (SSSR count). The molecular weight excluding hydrogens is 384 g/mol. The van der Waals surface area contributed by atoms with Gasteiger partial charge in [0.05, 0.1) is 22.6 Å². The Bertz CT molecular complexity index is 1000. The molecule has 1 saturated heterocycles. The summed E-state index contributed by atoms with van der Waals surface area (Å²) in [6.07, 6.45) is 1.58. The Hall–Kier alpha value is -2.71. The molecule has 1 amide bonds. The quantitative estimate of drug-likeness (QED) is 0.323. The SMILES string of the molecule is COc1ccc([N+](=O)[O-])cc1/C=C1\SC(=S)N(c2ccc(C)cc2C)C1=O. The lowest BCUT2D eigenvalue weighted by molar-refractivity contribution is -0.384. The third-order valence-electron chi connectivity index (χ3n) is 4.10. The molecule has 1 aliphatic heterocycles. The van der Waals surface area contributed by atoms with Crippen molar-refractivity contribution in [1.29, 1.82) is 0 Å².